The molecule has 0 saturated heterocycles. The van der Waals surface area contributed by atoms with Gasteiger partial charge in [0, 0.05) is 0 Å². The van der Waals surface area contributed by atoms with Gasteiger partial charge in [0.1, 0.15) is 0 Å². The summed E-state index contributed by atoms with van der Waals surface area (Å²) in [5.41, 5.74) is 0.494. The van der Waals surface area contributed by atoms with E-state index in [1.165, 1.54) is 0 Å². The first-order valence-corrected chi connectivity index (χ1v) is 5.50. The third-order valence-corrected chi connectivity index (χ3v) is 2.84. The topological polar surface area (TPSA) is 44.0 Å². The van der Waals surface area contributed by atoms with Crippen molar-refractivity contribution in [2.75, 3.05) is 6.61 Å². The molecule has 0 aliphatic heterocycles. The zero-order valence-electron chi connectivity index (χ0n) is 9.56. The highest BCUT2D eigenvalue weighted by atomic mass is 16.3. The van der Waals surface area contributed by atoms with Crippen molar-refractivity contribution in [2.24, 2.45) is 5.41 Å². The Balaban J connectivity index is 2.64. The molecule has 1 aromatic carbocycles. The smallest absolute Gasteiger partial charge is 0.0835 e. The largest absolute Gasteiger partial charge is 0.395 e. The molecule has 1 rings (SSSR count). The molecule has 0 bridgehead atoms. The van der Waals surface area contributed by atoms with E-state index in [9.17, 15) is 5.11 Å². The van der Waals surface area contributed by atoms with E-state index in [1.807, 2.05) is 49.4 Å². The molecule has 0 radical (unpaired) electrons. The monoisotopic (exact) mass is 215 g/mol. The Labute approximate surface area is 96.8 Å². The Morgan fingerprint density at radius 2 is 2.06 bits per heavy atom. The van der Waals surface area contributed by atoms with E-state index in [2.05, 4.69) is 6.07 Å². The van der Waals surface area contributed by atoms with Gasteiger partial charge in [-0.3, -0.25) is 0 Å². The van der Waals surface area contributed by atoms with Gasteiger partial charge < -0.3 is 5.11 Å². The first-order valence-electron chi connectivity index (χ1n) is 5.50. The van der Waals surface area contributed by atoms with E-state index >= 15 is 0 Å². The SMILES string of the molecule is CCC(C#N)(CO)C/C=C/c1ccccc1. The minimum absolute atomic E-state index is 0.0842. The molecule has 0 saturated carbocycles. The summed E-state index contributed by atoms with van der Waals surface area (Å²) in [5.74, 6) is 0. The van der Waals surface area contributed by atoms with Gasteiger partial charge >= 0.3 is 0 Å². The van der Waals surface area contributed by atoms with Crippen LogP contribution in [0.5, 0.6) is 0 Å². The van der Waals surface area contributed by atoms with Crippen LogP contribution in [-0.4, -0.2) is 11.7 Å². The van der Waals surface area contributed by atoms with Crippen molar-refractivity contribution in [2.45, 2.75) is 19.8 Å². The van der Waals surface area contributed by atoms with E-state index < -0.39 is 5.41 Å². The van der Waals surface area contributed by atoms with Crippen LogP contribution in [0.3, 0.4) is 0 Å². The normalized spacial score (nSPS) is 14.6. The summed E-state index contributed by atoms with van der Waals surface area (Å²) >= 11 is 0. The van der Waals surface area contributed by atoms with Gasteiger partial charge in [-0.1, -0.05) is 49.4 Å². The van der Waals surface area contributed by atoms with Gasteiger partial charge in [-0.05, 0) is 18.4 Å². The summed E-state index contributed by atoms with van der Waals surface area (Å²) in [7, 11) is 0. The number of rotatable bonds is 5. The lowest BCUT2D eigenvalue weighted by Gasteiger charge is -2.19. The Bertz CT molecular complexity index is 371. The van der Waals surface area contributed by atoms with Gasteiger partial charge in [-0.2, -0.15) is 5.26 Å². The quantitative estimate of drug-likeness (QED) is 0.820. The Kier molecular flexibility index (Phi) is 4.75. The van der Waals surface area contributed by atoms with Gasteiger partial charge in [-0.15, -0.1) is 0 Å². The highest BCUT2D eigenvalue weighted by Gasteiger charge is 2.25. The van der Waals surface area contributed by atoms with Crippen LogP contribution >= 0.6 is 0 Å². The maximum atomic E-state index is 9.22. The predicted octanol–water partition coefficient (Wildman–Crippen LogP) is 3.00. The molecule has 0 aromatic heterocycles. The van der Waals surface area contributed by atoms with E-state index in [0.717, 1.165) is 5.56 Å². The zero-order chi connectivity index (χ0) is 11.9. The molecule has 16 heavy (non-hydrogen) atoms. The summed E-state index contributed by atoms with van der Waals surface area (Å²) < 4.78 is 0. The lowest BCUT2D eigenvalue weighted by Crippen LogP contribution is -2.21. The minimum Gasteiger partial charge on any atom is -0.395 e. The number of nitriles is 1. The lowest BCUT2D eigenvalue weighted by atomic mass is 9.84. The molecule has 1 unspecified atom stereocenters. The summed E-state index contributed by atoms with van der Waals surface area (Å²) in [6.45, 7) is 1.84. The number of hydrogen-bond acceptors (Lipinski definition) is 2. The fraction of sp³-hybridized carbons (Fsp3) is 0.357. The maximum Gasteiger partial charge on any atom is 0.0835 e. The molecule has 2 nitrogen and oxygen atoms in total. The molecular formula is C14H17NO. The van der Waals surface area contributed by atoms with Crippen LogP contribution in [0.4, 0.5) is 0 Å². The fourth-order valence-corrected chi connectivity index (χ4v) is 1.47. The van der Waals surface area contributed by atoms with Gasteiger partial charge in [-0.25, -0.2) is 0 Å². The van der Waals surface area contributed by atoms with Crippen LogP contribution in [-0.2, 0) is 0 Å². The second-order valence-electron chi connectivity index (χ2n) is 3.92. The van der Waals surface area contributed by atoms with Crippen molar-refractivity contribution in [3.8, 4) is 6.07 Å². The molecule has 0 heterocycles. The molecule has 0 amide bonds. The number of hydrogen-bond donors (Lipinski definition) is 1. The lowest BCUT2D eigenvalue weighted by molar-refractivity contribution is 0.173. The molecule has 0 fully saturated rings. The van der Waals surface area contributed by atoms with Gasteiger partial charge in [0.05, 0.1) is 18.1 Å². The first kappa shape index (κ1) is 12.5. The second kappa shape index (κ2) is 6.09. The highest BCUT2D eigenvalue weighted by molar-refractivity contribution is 5.48. The van der Waals surface area contributed by atoms with Gasteiger partial charge in [0.2, 0.25) is 0 Å². The second-order valence-corrected chi connectivity index (χ2v) is 3.92. The number of aliphatic hydroxyl groups excluding tert-OH is 1. The zero-order valence-corrected chi connectivity index (χ0v) is 9.56. The molecule has 1 aromatic rings. The van der Waals surface area contributed by atoms with Crippen molar-refractivity contribution < 1.29 is 5.11 Å². The number of benzene rings is 1. The molecule has 84 valence electrons. The average Bonchev–Trinajstić information content (AvgIpc) is 2.37. The average molecular weight is 215 g/mol. The summed E-state index contributed by atoms with van der Waals surface area (Å²) in [6, 6.07) is 12.1. The van der Waals surface area contributed by atoms with Crippen LogP contribution < -0.4 is 0 Å². The van der Waals surface area contributed by atoms with Gasteiger partial charge in [0.15, 0.2) is 0 Å². The molecule has 2 heteroatoms. The third-order valence-electron chi connectivity index (χ3n) is 2.84. The van der Waals surface area contributed by atoms with Crippen molar-refractivity contribution in [3.63, 3.8) is 0 Å². The summed E-state index contributed by atoms with van der Waals surface area (Å²) in [5, 5.41) is 18.2. The summed E-state index contributed by atoms with van der Waals surface area (Å²) in [4.78, 5) is 0. The third kappa shape index (κ3) is 3.22. The van der Waals surface area contributed by atoms with E-state index in [-0.39, 0.29) is 6.61 Å². The van der Waals surface area contributed by atoms with Crippen molar-refractivity contribution >= 4 is 6.08 Å². The predicted molar refractivity (Wildman–Crippen MR) is 65.5 cm³/mol. The molecule has 1 N–H and O–H groups in total. The van der Waals surface area contributed by atoms with Crippen LogP contribution in [0.1, 0.15) is 25.3 Å². The van der Waals surface area contributed by atoms with Crippen LogP contribution in [0.25, 0.3) is 6.08 Å². The van der Waals surface area contributed by atoms with Crippen LogP contribution in [0, 0.1) is 16.7 Å². The molecule has 0 aliphatic carbocycles. The Hall–Kier alpha value is -1.59. The minimum atomic E-state index is -0.620. The molecule has 0 aliphatic rings. The van der Waals surface area contributed by atoms with Gasteiger partial charge in [0.25, 0.3) is 0 Å². The van der Waals surface area contributed by atoms with Crippen LogP contribution in [0.2, 0.25) is 0 Å². The van der Waals surface area contributed by atoms with Crippen molar-refractivity contribution in [1.82, 2.24) is 0 Å². The Morgan fingerprint density at radius 3 is 2.56 bits per heavy atom. The van der Waals surface area contributed by atoms with E-state index in [0.29, 0.717) is 12.8 Å². The Morgan fingerprint density at radius 1 is 1.38 bits per heavy atom. The van der Waals surface area contributed by atoms with E-state index in [4.69, 9.17) is 5.26 Å². The fourth-order valence-electron chi connectivity index (χ4n) is 1.47. The molecular weight excluding hydrogens is 198 g/mol. The maximum absolute atomic E-state index is 9.22. The van der Waals surface area contributed by atoms with Crippen LogP contribution in [0.15, 0.2) is 36.4 Å². The first-order chi connectivity index (χ1) is 7.76. The number of aliphatic hydroxyl groups is 1. The molecule has 0 spiro atoms. The van der Waals surface area contributed by atoms with Crippen molar-refractivity contribution in [1.29, 1.82) is 5.26 Å². The molecule has 1 atom stereocenters. The highest BCUT2D eigenvalue weighted by Crippen LogP contribution is 2.25. The van der Waals surface area contributed by atoms with E-state index in [1.54, 1.807) is 0 Å². The van der Waals surface area contributed by atoms with Crippen molar-refractivity contribution in [3.05, 3.63) is 42.0 Å². The number of allylic oxidation sites excluding steroid dienone is 1. The summed E-state index contributed by atoms with van der Waals surface area (Å²) in [6.07, 6.45) is 5.19. The standard InChI is InChI=1S/C14H17NO/c1-2-14(11-15,12-16)10-6-9-13-7-4-3-5-8-13/h3-9,16H,2,10,12H2,1H3/b9-6+. The number of nitrogens with zero attached hydrogens (tertiary/aromatic N) is 1.